The van der Waals surface area contributed by atoms with Gasteiger partial charge in [-0.1, -0.05) is 19.9 Å². The van der Waals surface area contributed by atoms with Gasteiger partial charge in [0.25, 0.3) is 0 Å². The van der Waals surface area contributed by atoms with E-state index in [4.69, 9.17) is 18.9 Å². The third kappa shape index (κ3) is 5.38. The Hall–Kier alpha value is -3.11. The molecule has 2 aromatic carbocycles. The zero-order chi connectivity index (χ0) is 23.9. The van der Waals surface area contributed by atoms with Crippen molar-refractivity contribution in [2.24, 2.45) is 0 Å². The van der Waals surface area contributed by atoms with Crippen LogP contribution in [-0.4, -0.2) is 65.5 Å². The first-order valence-corrected chi connectivity index (χ1v) is 11.3. The molecule has 10 heteroatoms. The van der Waals surface area contributed by atoms with Crippen molar-refractivity contribution < 1.29 is 37.0 Å². The lowest BCUT2D eigenvalue weighted by molar-refractivity contribution is 0.0474. The molecule has 2 rings (SSSR count). The number of hydrogen-bond acceptors (Lipinski definition) is 8. The lowest BCUT2D eigenvalue weighted by Gasteiger charge is -2.18. The van der Waals surface area contributed by atoms with E-state index < -0.39 is 28.4 Å². The second kappa shape index (κ2) is 11.0. The fourth-order valence-electron chi connectivity index (χ4n) is 3.04. The number of hydrogen-bond donors (Lipinski definition) is 0. The van der Waals surface area contributed by atoms with E-state index in [1.54, 1.807) is 13.8 Å². The Kier molecular flexibility index (Phi) is 8.62. The van der Waals surface area contributed by atoms with Crippen LogP contribution in [0, 0.1) is 0 Å². The molecule has 0 spiro atoms. The lowest BCUT2D eigenvalue weighted by atomic mass is 10.1. The van der Waals surface area contributed by atoms with Gasteiger partial charge in [-0.25, -0.2) is 13.2 Å². The van der Waals surface area contributed by atoms with Gasteiger partial charge in [0, 0.05) is 18.7 Å². The molecule has 174 valence electrons. The number of Topliss-reactive ketones (excluding diaryl/α,β-unsaturated/α-hetero) is 1. The number of ether oxygens (including phenoxy) is 4. The van der Waals surface area contributed by atoms with Crippen molar-refractivity contribution in [1.29, 1.82) is 0 Å². The van der Waals surface area contributed by atoms with E-state index >= 15 is 0 Å². The SMILES string of the molecule is CCN(CC)S(=O)(=O)c1cccc(C(=O)OCC(=O)c2cc(OC)c(OC)c(OC)c2)c1. The first kappa shape index (κ1) is 25.2. The first-order chi connectivity index (χ1) is 15.2. The van der Waals surface area contributed by atoms with E-state index in [-0.39, 0.29) is 27.5 Å². The van der Waals surface area contributed by atoms with Gasteiger partial charge >= 0.3 is 5.97 Å². The Morgan fingerprint density at radius 2 is 1.47 bits per heavy atom. The van der Waals surface area contributed by atoms with Gasteiger partial charge in [-0.05, 0) is 30.3 Å². The van der Waals surface area contributed by atoms with Gasteiger partial charge in [-0.3, -0.25) is 4.79 Å². The zero-order valence-corrected chi connectivity index (χ0v) is 19.5. The van der Waals surface area contributed by atoms with Gasteiger partial charge in [0.05, 0.1) is 31.8 Å². The Morgan fingerprint density at radius 3 is 1.97 bits per heavy atom. The Labute approximate surface area is 187 Å². The Bertz CT molecular complexity index is 1050. The molecule has 0 saturated heterocycles. The number of ketones is 1. The normalized spacial score (nSPS) is 11.2. The van der Waals surface area contributed by atoms with Crippen LogP contribution in [0.1, 0.15) is 34.6 Å². The van der Waals surface area contributed by atoms with Crippen LogP contribution >= 0.6 is 0 Å². The summed E-state index contributed by atoms with van der Waals surface area (Å²) in [6.45, 7) is 3.51. The number of carbonyl (C=O) groups is 2. The van der Waals surface area contributed by atoms with Crippen molar-refractivity contribution in [3.63, 3.8) is 0 Å². The van der Waals surface area contributed by atoms with E-state index in [1.807, 2.05) is 0 Å². The average Bonchev–Trinajstić information content (AvgIpc) is 2.81. The fourth-order valence-corrected chi connectivity index (χ4v) is 4.54. The number of rotatable bonds is 11. The summed E-state index contributed by atoms with van der Waals surface area (Å²) in [5.41, 5.74) is 0.223. The molecule has 32 heavy (non-hydrogen) atoms. The van der Waals surface area contributed by atoms with Crippen LogP contribution < -0.4 is 14.2 Å². The molecule has 0 bridgehead atoms. The number of benzene rings is 2. The predicted octanol–water partition coefficient (Wildman–Crippen LogP) is 2.78. The van der Waals surface area contributed by atoms with Crippen molar-refractivity contribution >= 4 is 21.8 Å². The van der Waals surface area contributed by atoms with Crippen LogP contribution in [0.25, 0.3) is 0 Å². The maximum Gasteiger partial charge on any atom is 0.338 e. The third-order valence-corrected chi connectivity index (χ3v) is 6.78. The summed E-state index contributed by atoms with van der Waals surface area (Å²) >= 11 is 0. The van der Waals surface area contributed by atoms with Crippen LogP contribution in [-0.2, 0) is 14.8 Å². The van der Waals surface area contributed by atoms with Gasteiger partial charge in [0.15, 0.2) is 18.1 Å². The van der Waals surface area contributed by atoms with Crippen LogP contribution in [0.3, 0.4) is 0 Å². The third-order valence-electron chi connectivity index (χ3n) is 4.73. The lowest BCUT2D eigenvalue weighted by Crippen LogP contribution is -2.30. The summed E-state index contributed by atoms with van der Waals surface area (Å²) < 4.78 is 47.4. The number of sulfonamides is 1. The largest absolute Gasteiger partial charge is 0.493 e. The molecular formula is C22H27NO8S. The second-order valence-electron chi connectivity index (χ2n) is 6.53. The molecule has 0 aromatic heterocycles. The molecule has 0 aliphatic carbocycles. The summed E-state index contributed by atoms with van der Waals surface area (Å²) in [6, 6.07) is 8.43. The summed E-state index contributed by atoms with van der Waals surface area (Å²) in [7, 11) is 0.551. The van der Waals surface area contributed by atoms with Crippen molar-refractivity contribution in [2.75, 3.05) is 41.0 Å². The minimum atomic E-state index is -3.73. The number of nitrogens with zero attached hydrogens (tertiary/aromatic N) is 1. The number of carbonyl (C=O) groups excluding carboxylic acids is 2. The summed E-state index contributed by atoms with van der Waals surface area (Å²) in [5.74, 6) is -0.409. The monoisotopic (exact) mass is 465 g/mol. The van der Waals surface area contributed by atoms with Crippen molar-refractivity contribution in [3.8, 4) is 17.2 Å². The highest BCUT2D eigenvalue weighted by atomic mass is 32.2. The topological polar surface area (TPSA) is 108 Å². The van der Waals surface area contributed by atoms with Gasteiger partial charge in [-0.2, -0.15) is 4.31 Å². The molecule has 0 saturated carbocycles. The molecule has 0 N–H and O–H groups in total. The summed E-state index contributed by atoms with van der Waals surface area (Å²) in [5, 5.41) is 0. The highest BCUT2D eigenvalue weighted by molar-refractivity contribution is 7.89. The molecule has 0 unspecified atom stereocenters. The summed E-state index contributed by atoms with van der Waals surface area (Å²) in [4.78, 5) is 25.0. The van der Waals surface area contributed by atoms with E-state index in [0.29, 0.717) is 18.8 Å². The molecule has 0 amide bonds. The Balaban J connectivity index is 2.19. The van der Waals surface area contributed by atoms with Crippen LogP contribution in [0.5, 0.6) is 17.2 Å². The van der Waals surface area contributed by atoms with Crippen molar-refractivity contribution in [1.82, 2.24) is 4.31 Å². The van der Waals surface area contributed by atoms with E-state index in [1.165, 1.54) is 62.0 Å². The van der Waals surface area contributed by atoms with Crippen LogP contribution in [0.2, 0.25) is 0 Å². The van der Waals surface area contributed by atoms with E-state index in [0.717, 1.165) is 0 Å². The minimum absolute atomic E-state index is 0.0217. The number of esters is 1. The molecular weight excluding hydrogens is 438 g/mol. The molecule has 2 aromatic rings. The van der Waals surface area contributed by atoms with Crippen molar-refractivity contribution in [2.45, 2.75) is 18.7 Å². The highest BCUT2D eigenvalue weighted by Gasteiger charge is 2.23. The van der Waals surface area contributed by atoms with Crippen LogP contribution in [0.15, 0.2) is 41.3 Å². The molecule has 0 radical (unpaired) electrons. The molecule has 0 aliphatic heterocycles. The highest BCUT2D eigenvalue weighted by Crippen LogP contribution is 2.38. The van der Waals surface area contributed by atoms with Gasteiger partial charge in [0.1, 0.15) is 0 Å². The van der Waals surface area contributed by atoms with Gasteiger partial charge in [-0.15, -0.1) is 0 Å². The number of methoxy groups -OCH3 is 3. The Morgan fingerprint density at radius 1 is 0.875 bits per heavy atom. The van der Waals surface area contributed by atoms with Crippen molar-refractivity contribution in [3.05, 3.63) is 47.5 Å². The zero-order valence-electron chi connectivity index (χ0n) is 18.7. The standard InChI is InChI=1S/C22H27NO8S/c1-6-23(7-2)32(26,27)17-10-8-9-15(11-17)22(25)31-14-18(24)16-12-19(28-3)21(30-5)20(13-16)29-4/h8-13H,6-7,14H2,1-5H3. The molecule has 0 fully saturated rings. The van der Waals surface area contributed by atoms with E-state index in [2.05, 4.69) is 0 Å². The molecule has 0 heterocycles. The van der Waals surface area contributed by atoms with Gasteiger partial charge < -0.3 is 18.9 Å². The predicted molar refractivity (Wildman–Crippen MR) is 117 cm³/mol. The van der Waals surface area contributed by atoms with E-state index in [9.17, 15) is 18.0 Å². The maximum atomic E-state index is 12.7. The average molecular weight is 466 g/mol. The smallest absolute Gasteiger partial charge is 0.338 e. The maximum absolute atomic E-state index is 12.7. The minimum Gasteiger partial charge on any atom is -0.493 e. The molecule has 0 aliphatic rings. The summed E-state index contributed by atoms with van der Waals surface area (Å²) in [6.07, 6.45) is 0. The quantitative estimate of drug-likeness (QED) is 0.368. The molecule has 0 atom stereocenters. The second-order valence-corrected chi connectivity index (χ2v) is 8.47. The first-order valence-electron chi connectivity index (χ1n) is 9.83. The van der Waals surface area contributed by atoms with Gasteiger partial charge in [0.2, 0.25) is 21.6 Å². The van der Waals surface area contributed by atoms with Crippen LogP contribution in [0.4, 0.5) is 0 Å². The fraction of sp³-hybridized carbons (Fsp3) is 0.364. The molecule has 9 nitrogen and oxygen atoms in total.